The van der Waals surface area contributed by atoms with Gasteiger partial charge < -0.3 is 0 Å². The van der Waals surface area contributed by atoms with E-state index in [1.54, 1.807) is 16.3 Å². The van der Waals surface area contributed by atoms with Crippen molar-refractivity contribution < 1.29 is 0 Å². The van der Waals surface area contributed by atoms with Crippen LogP contribution >= 0.6 is 27.7 Å². The average Bonchev–Trinajstić information content (AvgIpc) is 2.48. The summed E-state index contributed by atoms with van der Waals surface area (Å²) in [5, 5.41) is 9.92. The zero-order valence-corrected chi connectivity index (χ0v) is 14.2. The number of aromatic nitrogens is 2. The molecule has 0 N–H and O–H groups in total. The van der Waals surface area contributed by atoms with Crippen LogP contribution in [0.15, 0.2) is 32.6 Å². The molecule has 0 atom stereocenters. The highest BCUT2D eigenvalue weighted by Gasteiger charge is 2.10. The first kappa shape index (κ1) is 16.1. The summed E-state index contributed by atoms with van der Waals surface area (Å²) in [6.07, 6.45) is 2.43. The Labute approximate surface area is 136 Å². The first-order chi connectivity index (χ1) is 10.2. The second-order valence-electron chi connectivity index (χ2n) is 4.57. The highest BCUT2D eigenvalue weighted by Crippen LogP contribution is 2.21. The Balaban J connectivity index is 2.29. The van der Waals surface area contributed by atoms with E-state index in [1.807, 2.05) is 25.1 Å². The number of nitrogens with zero attached hydrogens (tertiary/aromatic N) is 3. The minimum absolute atomic E-state index is 0.00308. The predicted octanol–water partition coefficient (Wildman–Crippen LogP) is 3.96. The van der Waals surface area contributed by atoms with Crippen LogP contribution in [0.3, 0.4) is 0 Å². The molecule has 2 aromatic rings. The number of unbranched alkanes of at least 4 members (excludes halogenated alkanes) is 2. The fourth-order valence-electron chi connectivity index (χ4n) is 2.03. The van der Waals surface area contributed by atoms with Crippen LogP contribution in [0.25, 0.3) is 10.9 Å². The fourth-order valence-corrected chi connectivity index (χ4v) is 3.45. The van der Waals surface area contributed by atoms with Gasteiger partial charge in [0.2, 0.25) is 0 Å². The van der Waals surface area contributed by atoms with Gasteiger partial charge in [-0.1, -0.05) is 27.7 Å². The van der Waals surface area contributed by atoms with Gasteiger partial charge in [0.05, 0.1) is 17.0 Å². The molecule has 0 amide bonds. The second kappa shape index (κ2) is 7.62. The first-order valence-electron chi connectivity index (χ1n) is 6.87. The Morgan fingerprint density at radius 3 is 2.95 bits per heavy atom. The maximum Gasteiger partial charge on any atom is 0.262 e. The molecule has 0 fully saturated rings. The Bertz CT molecular complexity index is 736. The smallest absolute Gasteiger partial charge is 0.262 e. The molecule has 1 aromatic carbocycles. The minimum Gasteiger partial charge on any atom is -0.287 e. The molecule has 0 radical (unpaired) electrons. The van der Waals surface area contributed by atoms with Gasteiger partial charge in [-0.3, -0.25) is 9.36 Å². The Hall–Kier alpha value is -1.32. The Morgan fingerprint density at radius 1 is 1.43 bits per heavy atom. The van der Waals surface area contributed by atoms with Crippen molar-refractivity contribution in [3.05, 3.63) is 33.0 Å². The SMILES string of the molecule is CCn1c(SCCCCC#N)nc2ccc(Br)cc2c1=O. The Kier molecular flexibility index (Phi) is 5.83. The third kappa shape index (κ3) is 3.86. The zero-order valence-electron chi connectivity index (χ0n) is 11.8. The van der Waals surface area contributed by atoms with E-state index < -0.39 is 0 Å². The lowest BCUT2D eigenvalue weighted by Crippen LogP contribution is -2.22. The molecule has 2 rings (SSSR count). The van der Waals surface area contributed by atoms with Crippen molar-refractivity contribution in [1.82, 2.24) is 9.55 Å². The van der Waals surface area contributed by atoms with Crippen LogP contribution in [0.4, 0.5) is 0 Å². The van der Waals surface area contributed by atoms with E-state index in [9.17, 15) is 4.79 Å². The van der Waals surface area contributed by atoms with Crippen molar-refractivity contribution in [2.75, 3.05) is 5.75 Å². The van der Waals surface area contributed by atoms with Crippen LogP contribution in [0.5, 0.6) is 0 Å². The van der Waals surface area contributed by atoms with E-state index in [-0.39, 0.29) is 5.56 Å². The minimum atomic E-state index is 0.00308. The van der Waals surface area contributed by atoms with Crippen LogP contribution in [-0.4, -0.2) is 15.3 Å². The van der Waals surface area contributed by atoms with E-state index in [4.69, 9.17) is 5.26 Å². The maximum absolute atomic E-state index is 12.5. The van der Waals surface area contributed by atoms with Crippen molar-refractivity contribution in [2.24, 2.45) is 0 Å². The van der Waals surface area contributed by atoms with Gasteiger partial charge in [0.15, 0.2) is 5.16 Å². The number of benzene rings is 1. The van der Waals surface area contributed by atoms with E-state index in [2.05, 4.69) is 27.0 Å². The molecule has 4 nitrogen and oxygen atoms in total. The van der Waals surface area contributed by atoms with Crippen LogP contribution in [0.1, 0.15) is 26.2 Å². The summed E-state index contributed by atoms with van der Waals surface area (Å²) in [4.78, 5) is 17.1. The number of fused-ring (bicyclic) bond motifs is 1. The molecule has 1 aromatic heterocycles. The monoisotopic (exact) mass is 365 g/mol. The van der Waals surface area contributed by atoms with Gasteiger partial charge in [0.25, 0.3) is 5.56 Å². The highest BCUT2D eigenvalue weighted by molar-refractivity contribution is 9.10. The second-order valence-corrected chi connectivity index (χ2v) is 6.55. The molecule has 0 saturated carbocycles. The molecule has 21 heavy (non-hydrogen) atoms. The number of thioether (sulfide) groups is 1. The maximum atomic E-state index is 12.5. The van der Waals surface area contributed by atoms with Crippen LogP contribution in [0, 0.1) is 11.3 Å². The van der Waals surface area contributed by atoms with E-state index in [0.29, 0.717) is 18.4 Å². The molecular weight excluding hydrogens is 350 g/mol. The first-order valence-corrected chi connectivity index (χ1v) is 8.65. The van der Waals surface area contributed by atoms with E-state index >= 15 is 0 Å². The van der Waals surface area contributed by atoms with Crippen LogP contribution < -0.4 is 5.56 Å². The van der Waals surface area contributed by atoms with Gasteiger partial charge >= 0.3 is 0 Å². The molecule has 110 valence electrons. The zero-order chi connectivity index (χ0) is 15.2. The summed E-state index contributed by atoms with van der Waals surface area (Å²) in [5.74, 6) is 0.871. The standard InChI is InChI=1S/C15H16BrN3OS/c1-2-19-14(20)12-10-11(16)6-7-13(12)18-15(19)21-9-5-3-4-8-17/h6-7,10H,2-5,9H2,1H3. The molecule has 0 unspecified atom stereocenters. The third-order valence-electron chi connectivity index (χ3n) is 3.11. The van der Waals surface area contributed by atoms with Gasteiger partial charge in [-0.25, -0.2) is 4.98 Å². The van der Waals surface area contributed by atoms with Gasteiger partial charge in [-0.05, 0) is 38.0 Å². The summed E-state index contributed by atoms with van der Waals surface area (Å²) in [6, 6.07) is 7.72. The molecule has 0 spiro atoms. The van der Waals surface area contributed by atoms with Gasteiger partial charge in [0.1, 0.15) is 0 Å². The lowest BCUT2D eigenvalue weighted by molar-refractivity contribution is 0.634. The normalized spacial score (nSPS) is 10.7. The summed E-state index contributed by atoms with van der Waals surface area (Å²) >= 11 is 4.98. The number of rotatable bonds is 6. The average molecular weight is 366 g/mol. The van der Waals surface area contributed by atoms with Crippen molar-refractivity contribution in [3.63, 3.8) is 0 Å². The number of nitriles is 1. The molecule has 6 heteroatoms. The third-order valence-corrected chi connectivity index (χ3v) is 4.67. The lowest BCUT2D eigenvalue weighted by Gasteiger charge is -2.11. The largest absolute Gasteiger partial charge is 0.287 e. The molecule has 1 heterocycles. The summed E-state index contributed by atoms with van der Waals surface area (Å²) < 4.78 is 2.59. The van der Waals surface area contributed by atoms with Crippen molar-refractivity contribution in [1.29, 1.82) is 5.26 Å². The lowest BCUT2D eigenvalue weighted by atomic mass is 10.2. The topological polar surface area (TPSA) is 58.7 Å². The predicted molar refractivity (Wildman–Crippen MR) is 89.6 cm³/mol. The van der Waals surface area contributed by atoms with E-state index in [1.165, 1.54) is 0 Å². The van der Waals surface area contributed by atoms with Gasteiger partial charge in [-0.15, -0.1) is 0 Å². The van der Waals surface area contributed by atoms with E-state index in [0.717, 1.165) is 33.7 Å². The molecule has 0 bridgehead atoms. The number of hydrogen-bond acceptors (Lipinski definition) is 4. The molecule has 0 saturated heterocycles. The highest BCUT2D eigenvalue weighted by atomic mass is 79.9. The molecular formula is C15H16BrN3OS. The number of hydrogen-bond donors (Lipinski definition) is 0. The Morgan fingerprint density at radius 2 is 2.24 bits per heavy atom. The van der Waals surface area contributed by atoms with Crippen molar-refractivity contribution >= 4 is 38.6 Å². The van der Waals surface area contributed by atoms with Gasteiger partial charge in [-0.2, -0.15) is 5.26 Å². The molecule has 0 aliphatic rings. The summed E-state index contributed by atoms with van der Waals surface area (Å²) in [5.41, 5.74) is 0.732. The van der Waals surface area contributed by atoms with Gasteiger partial charge in [0, 0.05) is 23.2 Å². The summed E-state index contributed by atoms with van der Waals surface area (Å²) in [7, 11) is 0. The van der Waals surface area contributed by atoms with Crippen molar-refractivity contribution in [2.45, 2.75) is 37.9 Å². The van der Waals surface area contributed by atoms with Crippen molar-refractivity contribution in [3.8, 4) is 6.07 Å². The van der Waals surface area contributed by atoms with Crippen LogP contribution in [0.2, 0.25) is 0 Å². The fraction of sp³-hybridized carbons (Fsp3) is 0.400. The molecule has 0 aliphatic heterocycles. The van der Waals surface area contributed by atoms with Crippen LogP contribution in [-0.2, 0) is 6.54 Å². The molecule has 0 aliphatic carbocycles. The quantitative estimate of drug-likeness (QED) is 0.441. The summed E-state index contributed by atoms with van der Waals surface area (Å²) in [6.45, 7) is 2.56. The number of halogens is 1.